The number of aromatic nitrogens is 4. The first-order chi connectivity index (χ1) is 5.74. The van der Waals surface area contributed by atoms with E-state index in [4.69, 9.17) is 0 Å². The molecule has 0 aromatic carbocycles. The van der Waals surface area contributed by atoms with Gasteiger partial charge in [0.05, 0.1) is 0 Å². The van der Waals surface area contributed by atoms with Crippen LogP contribution in [0.25, 0.3) is 0 Å². The maximum Gasteiger partial charge on any atom is 0.242 e. The van der Waals surface area contributed by atoms with Gasteiger partial charge in [-0.15, -0.1) is 12.4 Å². The van der Waals surface area contributed by atoms with Gasteiger partial charge < -0.3 is 5.32 Å². The number of rotatable bonds is 4. The Morgan fingerprint density at radius 2 is 2.15 bits per heavy atom. The minimum Gasteiger partial charge on any atom is -0.353 e. The van der Waals surface area contributed by atoms with Gasteiger partial charge in [-0.25, -0.2) is 4.68 Å². The van der Waals surface area contributed by atoms with Crippen molar-refractivity contribution in [3.05, 3.63) is 0 Å². The second-order valence-electron chi connectivity index (χ2n) is 3.11. The van der Waals surface area contributed by atoms with E-state index in [0.717, 1.165) is 19.0 Å². The van der Waals surface area contributed by atoms with Crippen LogP contribution in [0.15, 0.2) is 0 Å². The molecule has 0 aliphatic heterocycles. The summed E-state index contributed by atoms with van der Waals surface area (Å²) in [6.07, 6.45) is 0. The fourth-order valence-corrected chi connectivity index (χ4v) is 0.958. The first kappa shape index (κ1) is 12.2. The van der Waals surface area contributed by atoms with E-state index in [-0.39, 0.29) is 12.4 Å². The highest BCUT2D eigenvalue weighted by atomic mass is 35.5. The molecule has 0 unspecified atom stereocenters. The Hall–Kier alpha value is -0.840. The summed E-state index contributed by atoms with van der Waals surface area (Å²) in [4.78, 5) is 0. The molecule has 0 amide bonds. The van der Waals surface area contributed by atoms with Crippen molar-refractivity contribution < 1.29 is 0 Å². The third-order valence-corrected chi connectivity index (χ3v) is 1.40. The lowest BCUT2D eigenvalue weighted by atomic mass is 10.2. The standard InChI is InChI=1S/C7H15N5.ClH/c1-4-8-7-9-10-11-12(7)5-6(2)3;/h6H,4-5H2,1-3H3,(H,8,9,11);1H. The number of halogens is 1. The molecule has 76 valence electrons. The van der Waals surface area contributed by atoms with Gasteiger partial charge in [-0.2, -0.15) is 0 Å². The Balaban J connectivity index is 0.00000144. The molecule has 0 spiro atoms. The monoisotopic (exact) mass is 205 g/mol. The zero-order valence-electron chi connectivity index (χ0n) is 8.19. The Morgan fingerprint density at radius 3 is 2.69 bits per heavy atom. The largest absolute Gasteiger partial charge is 0.353 e. The maximum atomic E-state index is 3.87. The molecule has 5 nitrogen and oxygen atoms in total. The van der Waals surface area contributed by atoms with Crippen molar-refractivity contribution in [2.75, 3.05) is 11.9 Å². The van der Waals surface area contributed by atoms with E-state index in [1.807, 2.05) is 6.92 Å². The van der Waals surface area contributed by atoms with Crippen LogP contribution in [0.4, 0.5) is 5.95 Å². The second-order valence-corrected chi connectivity index (χ2v) is 3.11. The van der Waals surface area contributed by atoms with Crippen LogP contribution in [-0.2, 0) is 6.54 Å². The number of hydrogen-bond donors (Lipinski definition) is 1. The van der Waals surface area contributed by atoms with Gasteiger partial charge in [0.1, 0.15) is 0 Å². The quantitative estimate of drug-likeness (QED) is 0.802. The molecule has 0 saturated heterocycles. The summed E-state index contributed by atoms with van der Waals surface area (Å²) in [7, 11) is 0. The highest BCUT2D eigenvalue weighted by Crippen LogP contribution is 2.03. The number of tetrazole rings is 1. The molecule has 1 heterocycles. The fourth-order valence-electron chi connectivity index (χ4n) is 0.958. The predicted molar refractivity (Wildman–Crippen MR) is 54.1 cm³/mol. The SMILES string of the molecule is CCNc1nnnn1CC(C)C.Cl. The van der Waals surface area contributed by atoms with Gasteiger partial charge >= 0.3 is 0 Å². The third kappa shape index (κ3) is 3.59. The van der Waals surface area contributed by atoms with Gasteiger partial charge in [0.15, 0.2) is 0 Å². The first-order valence-electron chi connectivity index (χ1n) is 4.24. The summed E-state index contributed by atoms with van der Waals surface area (Å²) in [6.45, 7) is 8.00. The smallest absolute Gasteiger partial charge is 0.242 e. The first-order valence-corrected chi connectivity index (χ1v) is 4.24. The van der Waals surface area contributed by atoms with Gasteiger partial charge in [0.25, 0.3) is 0 Å². The average molecular weight is 206 g/mol. The summed E-state index contributed by atoms with van der Waals surface area (Å²) in [5.74, 6) is 1.32. The van der Waals surface area contributed by atoms with Gasteiger partial charge in [-0.05, 0) is 23.3 Å². The van der Waals surface area contributed by atoms with E-state index in [0.29, 0.717) is 5.92 Å². The summed E-state index contributed by atoms with van der Waals surface area (Å²) >= 11 is 0. The van der Waals surface area contributed by atoms with Crippen LogP contribution in [0.2, 0.25) is 0 Å². The Bertz CT molecular complexity index is 235. The van der Waals surface area contributed by atoms with Crippen molar-refractivity contribution >= 4 is 18.4 Å². The fraction of sp³-hybridized carbons (Fsp3) is 0.857. The van der Waals surface area contributed by atoms with Crippen LogP contribution < -0.4 is 5.32 Å². The molecule has 0 fully saturated rings. The molecule has 0 aliphatic rings. The van der Waals surface area contributed by atoms with E-state index in [2.05, 4.69) is 34.7 Å². The van der Waals surface area contributed by atoms with E-state index < -0.39 is 0 Å². The molecule has 0 bridgehead atoms. The number of anilines is 1. The Kier molecular flexibility index (Phi) is 5.37. The summed E-state index contributed by atoms with van der Waals surface area (Å²) < 4.78 is 1.79. The van der Waals surface area contributed by atoms with E-state index in [9.17, 15) is 0 Å². The zero-order valence-corrected chi connectivity index (χ0v) is 9.01. The molecule has 1 aromatic rings. The van der Waals surface area contributed by atoms with Crippen molar-refractivity contribution in [1.29, 1.82) is 0 Å². The molecule has 6 heteroatoms. The number of hydrogen-bond acceptors (Lipinski definition) is 4. The normalized spacial score (nSPS) is 9.85. The summed E-state index contributed by atoms with van der Waals surface area (Å²) in [6, 6.07) is 0. The molecule has 0 aliphatic carbocycles. The van der Waals surface area contributed by atoms with Crippen LogP contribution in [0.1, 0.15) is 20.8 Å². The van der Waals surface area contributed by atoms with Crippen LogP contribution in [-0.4, -0.2) is 26.8 Å². The molecular formula is C7H16ClN5. The molecule has 1 rings (SSSR count). The molecule has 1 aromatic heterocycles. The molecular weight excluding hydrogens is 190 g/mol. The summed E-state index contributed by atoms with van der Waals surface area (Å²) in [5, 5.41) is 14.4. The average Bonchev–Trinajstić information content (AvgIpc) is 2.37. The van der Waals surface area contributed by atoms with Crippen molar-refractivity contribution in [2.24, 2.45) is 5.92 Å². The molecule has 0 radical (unpaired) electrons. The number of nitrogens with one attached hydrogen (secondary N) is 1. The van der Waals surface area contributed by atoms with Crippen LogP contribution in [0.5, 0.6) is 0 Å². The minimum atomic E-state index is 0. The van der Waals surface area contributed by atoms with Crippen molar-refractivity contribution in [3.63, 3.8) is 0 Å². The molecule has 0 atom stereocenters. The van der Waals surface area contributed by atoms with E-state index >= 15 is 0 Å². The summed E-state index contributed by atoms with van der Waals surface area (Å²) in [5.41, 5.74) is 0. The maximum absolute atomic E-state index is 3.87. The van der Waals surface area contributed by atoms with Crippen molar-refractivity contribution in [1.82, 2.24) is 20.2 Å². The van der Waals surface area contributed by atoms with Crippen LogP contribution in [0.3, 0.4) is 0 Å². The van der Waals surface area contributed by atoms with Crippen LogP contribution >= 0.6 is 12.4 Å². The lowest BCUT2D eigenvalue weighted by Crippen LogP contribution is -2.11. The van der Waals surface area contributed by atoms with Gasteiger partial charge in [-0.1, -0.05) is 18.9 Å². The van der Waals surface area contributed by atoms with E-state index in [1.165, 1.54) is 0 Å². The molecule has 13 heavy (non-hydrogen) atoms. The zero-order chi connectivity index (χ0) is 8.97. The predicted octanol–water partition coefficient (Wildman–Crippen LogP) is 1.18. The highest BCUT2D eigenvalue weighted by Gasteiger charge is 2.04. The lowest BCUT2D eigenvalue weighted by molar-refractivity contribution is 0.475. The minimum absolute atomic E-state index is 0. The van der Waals surface area contributed by atoms with E-state index in [1.54, 1.807) is 4.68 Å². The Labute approximate surface area is 84.3 Å². The molecule has 1 N–H and O–H groups in total. The van der Waals surface area contributed by atoms with Gasteiger partial charge in [-0.3, -0.25) is 0 Å². The van der Waals surface area contributed by atoms with Gasteiger partial charge in [0.2, 0.25) is 5.95 Å². The highest BCUT2D eigenvalue weighted by molar-refractivity contribution is 5.85. The third-order valence-electron chi connectivity index (χ3n) is 1.40. The van der Waals surface area contributed by atoms with Gasteiger partial charge in [0, 0.05) is 13.1 Å². The topological polar surface area (TPSA) is 55.6 Å². The Morgan fingerprint density at radius 1 is 1.46 bits per heavy atom. The molecule has 0 saturated carbocycles. The van der Waals surface area contributed by atoms with Crippen molar-refractivity contribution in [3.8, 4) is 0 Å². The van der Waals surface area contributed by atoms with Crippen molar-refractivity contribution in [2.45, 2.75) is 27.3 Å². The number of nitrogens with zero attached hydrogens (tertiary/aromatic N) is 4. The second kappa shape index (κ2) is 5.75. The van der Waals surface area contributed by atoms with Crippen LogP contribution in [0, 0.1) is 5.92 Å². The lowest BCUT2D eigenvalue weighted by Gasteiger charge is -2.06.